The second-order valence-corrected chi connectivity index (χ2v) is 7.04. The van der Waals surface area contributed by atoms with Gasteiger partial charge in [0, 0.05) is 48.5 Å². The molecule has 2 amide bonds. The Hall–Kier alpha value is -3.55. The van der Waals surface area contributed by atoms with Crippen molar-refractivity contribution in [1.29, 1.82) is 0 Å². The zero-order chi connectivity index (χ0) is 20.9. The number of hydrogen-bond donors (Lipinski definition) is 1. The Balaban J connectivity index is 1.34. The average Bonchev–Trinajstić information content (AvgIpc) is 2.79. The Morgan fingerprint density at radius 3 is 2.60 bits per heavy atom. The van der Waals surface area contributed by atoms with Gasteiger partial charge in [-0.05, 0) is 18.2 Å². The molecule has 156 valence electrons. The summed E-state index contributed by atoms with van der Waals surface area (Å²) in [5.41, 5.74) is 0.655. The summed E-state index contributed by atoms with van der Waals surface area (Å²) < 4.78 is 16.6. The maximum atomic E-state index is 12.6. The van der Waals surface area contributed by atoms with E-state index in [1.807, 2.05) is 24.3 Å². The maximum Gasteiger partial charge on any atom is 0.321 e. The van der Waals surface area contributed by atoms with E-state index in [4.69, 9.17) is 14.2 Å². The lowest BCUT2D eigenvalue weighted by atomic mass is 10.1. The molecule has 8 nitrogen and oxygen atoms in total. The molecular weight excluding hydrogens is 384 g/mol. The number of hydrogen-bond acceptors (Lipinski definition) is 6. The number of amides is 2. The quantitative estimate of drug-likeness (QED) is 0.693. The normalized spacial score (nSPS) is 14.4. The third-order valence-electron chi connectivity index (χ3n) is 5.18. The second-order valence-electron chi connectivity index (χ2n) is 7.04. The van der Waals surface area contributed by atoms with E-state index in [0.29, 0.717) is 36.2 Å². The molecule has 8 heteroatoms. The molecule has 30 heavy (non-hydrogen) atoms. The summed E-state index contributed by atoms with van der Waals surface area (Å²) in [6, 6.07) is 13.0. The fourth-order valence-corrected chi connectivity index (χ4v) is 3.54. The molecule has 0 saturated carbocycles. The van der Waals surface area contributed by atoms with Crippen molar-refractivity contribution in [2.45, 2.75) is 18.9 Å². The molecule has 4 rings (SSSR count). The summed E-state index contributed by atoms with van der Waals surface area (Å²) in [6.07, 6.45) is 3.17. The molecular formula is C22H24N4O4. The Kier molecular flexibility index (Phi) is 5.83. The number of nitrogens with one attached hydrogen (secondary N) is 1. The fourth-order valence-electron chi connectivity index (χ4n) is 3.54. The van der Waals surface area contributed by atoms with Crippen molar-refractivity contribution >= 4 is 22.5 Å². The largest absolute Gasteiger partial charge is 0.493 e. The van der Waals surface area contributed by atoms with Crippen molar-refractivity contribution in [2.75, 3.05) is 32.6 Å². The van der Waals surface area contributed by atoms with E-state index in [1.165, 1.54) is 0 Å². The summed E-state index contributed by atoms with van der Waals surface area (Å²) in [5, 5.41) is 13.0. The van der Waals surface area contributed by atoms with E-state index in [0.717, 1.165) is 23.6 Å². The number of nitrogens with zero attached hydrogens (tertiary/aromatic N) is 3. The van der Waals surface area contributed by atoms with Crippen LogP contribution in [0, 0.1) is 0 Å². The molecule has 0 bridgehead atoms. The maximum absolute atomic E-state index is 12.6. The van der Waals surface area contributed by atoms with Crippen molar-refractivity contribution in [2.24, 2.45) is 0 Å². The molecule has 0 atom stereocenters. The minimum atomic E-state index is -0.148. The van der Waals surface area contributed by atoms with Gasteiger partial charge < -0.3 is 24.4 Å². The standard InChI is InChI=1S/C22H24N4O4/c1-28-19-8-7-16(13-20(19)29-2)24-22(27)26-11-9-17(10-12-26)30-21-18-6-4-3-5-15(18)14-23-25-21/h3-8,13-14,17H,9-12H2,1-2H3,(H,24,27). The number of carbonyl (C=O) groups is 1. The van der Waals surface area contributed by atoms with Gasteiger partial charge in [-0.1, -0.05) is 18.2 Å². The lowest BCUT2D eigenvalue weighted by Crippen LogP contribution is -2.43. The fraction of sp³-hybridized carbons (Fsp3) is 0.318. The highest BCUT2D eigenvalue weighted by Gasteiger charge is 2.25. The highest BCUT2D eigenvalue weighted by molar-refractivity contribution is 5.90. The van der Waals surface area contributed by atoms with Crippen LogP contribution in [0.3, 0.4) is 0 Å². The van der Waals surface area contributed by atoms with Crippen molar-refractivity contribution in [3.63, 3.8) is 0 Å². The second kappa shape index (κ2) is 8.86. The highest BCUT2D eigenvalue weighted by Crippen LogP contribution is 2.30. The predicted octanol–water partition coefficient (Wildman–Crippen LogP) is 3.72. The summed E-state index contributed by atoms with van der Waals surface area (Å²) in [4.78, 5) is 14.4. The average molecular weight is 408 g/mol. The number of ether oxygens (including phenoxy) is 3. The van der Waals surface area contributed by atoms with Crippen molar-refractivity contribution in [1.82, 2.24) is 15.1 Å². The van der Waals surface area contributed by atoms with Crippen LogP contribution in [0.1, 0.15) is 12.8 Å². The van der Waals surface area contributed by atoms with Crippen LogP contribution in [-0.4, -0.2) is 54.5 Å². The number of piperidine rings is 1. The van der Waals surface area contributed by atoms with Crippen LogP contribution in [-0.2, 0) is 0 Å². The Morgan fingerprint density at radius 1 is 1.07 bits per heavy atom. The van der Waals surface area contributed by atoms with E-state index in [-0.39, 0.29) is 12.1 Å². The molecule has 0 radical (unpaired) electrons. The van der Waals surface area contributed by atoms with Crippen LogP contribution in [0.2, 0.25) is 0 Å². The number of fused-ring (bicyclic) bond motifs is 1. The Bertz CT molecular complexity index is 1030. The third kappa shape index (κ3) is 4.22. The predicted molar refractivity (Wildman–Crippen MR) is 113 cm³/mol. The molecule has 1 aromatic heterocycles. The van der Waals surface area contributed by atoms with Gasteiger partial charge in [0.15, 0.2) is 11.5 Å². The van der Waals surface area contributed by atoms with Gasteiger partial charge in [0.25, 0.3) is 0 Å². The van der Waals surface area contributed by atoms with E-state index >= 15 is 0 Å². The van der Waals surface area contributed by atoms with Crippen LogP contribution in [0.4, 0.5) is 10.5 Å². The highest BCUT2D eigenvalue weighted by atomic mass is 16.5. The molecule has 0 unspecified atom stereocenters. The first-order chi connectivity index (χ1) is 14.7. The number of methoxy groups -OCH3 is 2. The van der Waals surface area contributed by atoms with Crippen LogP contribution in [0.25, 0.3) is 10.8 Å². The van der Waals surface area contributed by atoms with Crippen LogP contribution < -0.4 is 19.5 Å². The SMILES string of the molecule is COc1ccc(NC(=O)N2CCC(Oc3nncc4ccccc34)CC2)cc1OC. The third-order valence-corrected chi connectivity index (χ3v) is 5.18. The summed E-state index contributed by atoms with van der Waals surface area (Å²) >= 11 is 0. The molecule has 2 heterocycles. The number of benzene rings is 2. The molecule has 2 aromatic carbocycles. The molecule has 1 aliphatic heterocycles. The smallest absolute Gasteiger partial charge is 0.321 e. The Morgan fingerprint density at radius 2 is 1.83 bits per heavy atom. The Labute approximate surface area is 174 Å². The van der Waals surface area contributed by atoms with Crippen molar-refractivity contribution in [3.8, 4) is 17.4 Å². The zero-order valence-corrected chi connectivity index (χ0v) is 17.0. The number of anilines is 1. The molecule has 1 N–H and O–H groups in total. The van der Waals surface area contributed by atoms with E-state index < -0.39 is 0 Å². The summed E-state index contributed by atoms with van der Waals surface area (Å²) in [7, 11) is 3.14. The van der Waals surface area contributed by atoms with Gasteiger partial charge in [-0.15, -0.1) is 5.10 Å². The molecule has 1 fully saturated rings. The van der Waals surface area contributed by atoms with E-state index in [1.54, 1.807) is 43.5 Å². The monoisotopic (exact) mass is 408 g/mol. The van der Waals surface area contributed by atoms with Gasteiger partial charge in [0.05, 0.1) is 20.4 Å². The van der Waals surface area contributed by atoms with Crippen molar-refractivity contribution < 1.29 is 19.0 Å². The van der Waals surface area contributed by atoms with E-state index in [9.17, 15) is 4.79 Å². The molecule has 3 aromatic rings. The van der Waals surface area contributed by atoms with Crippen LogP contribution in [0.5, 0.6) is 17.4 Å². The van der Waals surface area contributed by atoms with Gasteiger partial charge in [-0.3, -0.25) is 0 Å². The number of carbonyl (C=O) groups excluding carboxylic acids is 1. The topological polar surface area (TPSA) is 85.8 Å². The summed E-state index contributed by atoms with van der Waals surface area (Å²) in [5.74, 6) is 1.73. The van der Waals surface area contributed by atoms with Gasteiger partial charge in [-0.25, -0.2) is 4.79 Å². The minimum absolute atomic E-state index is 0.00441. The first kappa shape index (κ1) is 19.8. The minimum Gasteiger partial charge on any atom is -0.493 e. The lowest BCUT2D eigenvalue weighted by Gasteiger charge is -2.32. The molecule has 1 aliphatic rings. The number of rotatable bonds is 5. The van der Waals surface area contributed by atoms with Crippen LogP contribution in [0.15, 0.2) is 48.7 Å². The first-order valence-electron chi connectivity index (χ1n) is 9.83. The lowest BCUT2D eigenvalue weighted by molar-refractivity contribution is 0.112. The van der Waals surface area contributed by atoms with E-state index in [2.05, 4.69) is 15.5 Å². The zero-order valence-electron chi connectivity index (χ0n) is 17.0. The van der Waals surface area contributed by atoms with Crippen molar-refractivity contribution in [3.05, 3.63) is 48.7 Å². The van der Waals surface area contributed by atoms with Crippen LogP contribution >= 0.6 is 0 Å². The number of likely N-dealkylation sites (tertiary alicyclic amines) is 1. The number of aromatic nitrogens is 2. The molecule has 1 saturated heterocycles. The molecule has 0 aliphatic carbocycles. The van der Waals surface area contributed by atoms with Gasteiger partial charge in [0.1, 0.15) is 6.10 Å². The van der Waals surface area contributed by atoms with Gasteiger partial charge in [-0.2, -0.15) is 5.10 Å². The first-order valence-corrected chi connectivity index (χ1v) is 9.83. The number of urea groups is 1. The molecule has 0 spiro atoms. The summed E-state index contributed by atoms with van der Waals surface area (Å²) in [6.45, 7) is 1.20. The van der Waals surface area contributed by atoms with Gasteiger partial charge >= 0.3 is 6.03 Å². The van der Waals surface area contributed by atoms with Gasteiger partial charge in [0.2, 0.25) is 5.88 Å².